The molecule has 0 aromatic carbocycles. The smallest absolute Gasteiger partial charge is 0.306 e. The van der Waals surface area contributed by atoms with Gasteiger partial charge in [0.05, 0.1) is 0 Å². The predicted molar refractivity (Wildman–Crippen MR) is 222 cm³/mol. The van der Waals surface area contributed by atoms with E-state index in [4.69, 9.17) is 19.3 Å². The van der Waals surface area contributed by atoms with Crippen LogP contribution in [0.25, 0.3) is 0 Å². The quantitative estimate of drug-likeness (QED) is 0.0346. The number of hydrogen-bond donors (Lipinski definition) is 2. The van der Waals surface area contributed by atoms with E-state index in [0.29, 0.717) is 51.5 Å². The van der Waals surface area contributed by atoms with Gasteiger partial charge in [-0.25, -0.2) is 0 Å². The summed E-state index contributed by atoms with van der Waals surface area (Å²) >= 11 is 0. The molecule has 0 radical (unpaired) electrons. The highest BCUT2D eigenvalue weighted by molar-refractivity contribution is 5.72. The molecule has 0 rings (SSSR count). The van der Waals surface area contributed by atoms with Gasteiger partial charge in [0.1, 0.15) is 6.61 Å². The second-order valence-electron chi connectivity index (χ2n) is 16.4. The molecule has 0 fully saturated rings. The van der Waals surface area contributed by atoms with E-state index in [9.17, 15) is 29.1 Å². The summed E-state index contributed by atoms with van der Waals surface area (Å²) in [6.45, 7) is 9.15. The van der Waals surface area contributed by atoms with Crippen LogP contribution in [0.1, 0.15) is 207 Å². The number of aliphatic carboxylic acids is 2. The summed E-state index contributed by atoms with van der Waals surface area (Å²) in [6, 6.07) is 0. The number of nitrogens with zero attached hydrogens (tertiary/aromatic N) is 1. The van der Waals surface area contributed by atoms with Crippen molar-refractivity contribution in [1.82, 2.24) is 4.90 Å². The van der Waals surface area contributed by atoms with E-state index in [-0.39, 0.29) is 50.5 Å². The summed E-state index contributed by atoms with van der Waals surface area (Å²) in [5.74, 6) is -2.87. The Morgan fingerprint density at radius 3 is 1.39 bits per heavy atom. The molecule has 0 bridgehead atoms. The van der Waals surface area contributed by atoms with Crippen molar-refractivity contribution < 1.29 is 48.4 Å². The molecule has 11 nitrogen and oxygen atoms in total. The number of unbranched alkanes of at least 4 members (excludes halogenated alkanes) is 10. The van der Waals surface area contributed by atoms with Gasteiger partial charge in [-0.3, -0.25) is 24.0 Å². The summed E-state index contributed by atoms with van der Waals surface area (Å²) in [7, 11) is 3.89. The maximum atomic E-state index is 14.0. The minimum absolute atomic E-state index is 0.0280. The van der Waals surface area contributed by atoms with Gasteiger partial charge in [0.2, 0.25) is 0 Å². The average Bonchev–Trinajstić information content (AvgIpc) is 3.14. The van der Waals surface area contributed by atoms with Gasteiger partial charge in [-0.2, -0.15) is 0 Å². The predicted octanol–water partition coefficient (Wildman–Crippen LogP) is 10.7. The highest BCUT2D eigenvalue weighted by Crippen LogP contribution is 2.41. The number of ether oxygens (including phenoxy) is 3. The van der Waals surface area contributed by atoms with E-state index >= 15 is 0 Å². The van der Waals surface area contributed by atoms with E-state index < -0.39 is 41.6 Å². The molecule has 3 atom stereocenters. The Labute approximate surface area is 340 Å². The first-order valence-electron chi connectivity index (χ1n) is 22.5. The van der Waals surface area contributed by atoms with Gasteiger partial charge in [-0.15, -0.1) is 0 Å². The molecule has 0 aromatic heterocycles. The van der Waals surface area contributed by atoms with Gasteiger partial charge in [-0.1, -0.05) is 130 Å². The Bertz CT molecular complexity index is 1020. The topological polar surface area (TPSA) is 157 Å². The fraction of sp³-hybridized carbons (Fsp3) is 0.889. The summed E-state index contributed by atoms with van der Waals surface area (Å²) in [6.07, 6.45) is 18.6. The Kier molecular flexibility index (Phi) is 32.7. The monoisotopic (exact) mass is 798 g/mol. The van der Waals surface area contributed by atoms with E-state index in [1.165, 1.54) is 0 Å². The van der Waals surface area contributed by atoms with Crippen LogP contribution in [0.5, 0.6) is 0 Å². The molecule has 0 saturated heterocycles. The van der Waals surface area contributed by atoms with Crippen LogP contribution in [0.4, 0.5) is 0 Å². The highest BCUT2D eigenvalue weighted by Gasteiger charge is 2.48. The van der Waals surface area contributed by atoms with Crippen LogP contribution < -0.4 is 0 Å². The number of esters is 3. The molecule has 0 aromatic rings. The maximum Gasteiger partial charge on any atom is 0.306 e. The largest absolute Gasteiger partial charge is 0.481 e. The van der Waals surface area contributed by atoms with Gasteiger partial charge in [0, 0.05) is 32.1 Å². The van der Waals surface area contributed by atoms with Crippen molar-refractivity contribution in [2.45, 2.75) is 219 Å². The van der Waals surface area contributed by atoms with E-state index in [0.717, 1.165) is 103 Å². The standard InChI is InChI=1S/C45H83NO10/c1-7-11-15-17-26-37(24-13-9-3)34-45(56-44(53)31-22-20-29-41(49)50,35-38(25-14-10-4)27-18-16-12-8-2)39(55-43(52)32-23-33-46(5)6)36-54-42(51)30-21-19-28-40(47)48/h37-39H,7-36H2,1-6H3,(H,47,48)(H,49,50). The summed E-state index contributed by atoms with van der Waals surface area (Å²) < 4.78 is 19.0. The van der Waals surface area contributed by atoms with Crippen LogP contribution in [-0.2, 0) is 38.2 Å². The molecular formula is C45H83NO10. The normalized spacial score (nSPS) is 14.1. The van der Waals surface area contributed by atoms with Crippen LogP contribution in [0.2, 0.25) is 0 Å². The number of carboxylic acids is 2. The molecular weight excluding hydrogens is 714 g/mol. The molecule has 56 heavy (non-hydrogen) atoms. The first kappa shape index (κ1) is 53.3. The minimum atomic E-state index is -1.27. The van der Waals surface area contributed by atoms with Gasteiger partial charge in [0.25, 0.3) is 0 Å². The third-order valence-corrected chi connectivity index (χ3v) is 10.7. The van der Waals surface area contributed by atoms with Gasteiger partial charge >= 0.3 is 29.8 Å². The number of rotatable bonds is 39. The SMILES string of the molecule is CCCCCCC(CCCC)CC(CC(CCCC)CCCCCC)(OC(=O)CCCCC(=O)O)C(COC(=O)CCCCC(=O)O)OC(=O)CCCN(C)C. The van der Waals surface area contributed by atoms with E-state index in [2.05, 4.69) is 27.7 Å². The van der Waals surface area contributed by atoms with Crippen molar-refractivity contribution >= 4 is 29.8 Å². The fourth-order valence-corrected chi connectivity index (χ4v) is 7.53. The third kappa shape index (κ3) is 28.7. The Morgan fingerprint density at radius 1 is 0.518 bits per heavy atom. The van der Waals surface area contributed by atoms with Crippen LogP contribution in [-0.4, -0.2) is 83.9 Å². The molecule has 328 valence electrons. The first-order chi connectivity index (χ1) is 26.8. The van der Waals surface area contributed by atoms with Crippen molar-refractivity contribution in [2.75, 3.05) is 27.2 Å². The Balaban J connectivity index is 7.25. The molecule has 3 unspecified atom stereocenters. The molecule has 0 aliphatic carbocycles. The zero-order chi connectivity index (χ0) is 42.0. The zero-order valence-corrected chi connectivity index (χ0v) is 36.6. The minimum Gasteiger partial charge on any atom is -0.481 e. The molecule has 0 aliphatic heterocycles. The number of hydrogen-bond acceptors (Lipinski definition) is 9. The summed E-state index contributed by atoms with van der Waals surface area (Å²) in [5.41, 5.74) is -1.27. The lowest BCUT2D eigenvalue weighted by Crippen LogP contribution is -2.53. The van der Waals surface area contributed by atoms with Crippen LogP contribution in [0.15, 0.2) is 0 Å². The molecule has 0 amide bonds. The van der Waals surface area contributed by atoms with Crippen molar-refractivity contribution in [3.8, 4) is 0 Å². The lowest BCUT2D eigenvalue weighted by atomic mass is 9.74. The lowest BCUT2D eigenvalue weighted by Gasteiger charge is -2.43. The molecule has 11 heteroatoms. The van der Waals surface area contributed by atoms with Crippen LogP contribution in [0, 0.1) is 11.8 Å². The number of carbonyl (C=O) groups is 5. The van der Waals surface area contributed by atoms with E-state index in [1.807, 2.05) is 19.0 Å². The van der Waals surface area contributed by atoms with Crippen molar-refractivity contribution in [2.24, 2.45) is 11.8 Å². The second-order valence-corrected chi connectivity index (χ2v) is 16.4. The number of carboxylic acid groups (broad SMARTS) is 2. The third-order valence-electron chi connectivity index (χ3n) is 10.7. The Hall–Kier alpha value is -2.69. The second kappa shape index (κ2) is 34.4. The molecule has 0 saturated carbocycles. The fourth-order valence-electron chi connectivity index (χ4n) is 7.53. The van der Waals surface area contributed by atoms with Crippen molar-refractivity contribution in [3.63, 3.8) is 0 Å². The van der Waals surface area contributed by atoms with E-state index in [1.54, 1.807) is 0 Å². The maximum absolute atomic E-state index is 14.0. The summed E-state index contributed by atoms with van der Waals surface area (Å²) in [4.78, 5) is 65.2. The number of carbonyl (C=O) groups excluding carboxylic acids is 3. The van der Waals surface area contributed by atoms with Gasteiger partial charge in [0.15, 0.2) is 11.7 Å². The molecule has 0 aliphatic rings. The van der Waals surface area contributed by atoms with Crippen LogP contribution >= 0.6 is 0 Å². The molecule has 0 spiro atoms. The lowest BCUT2D eigenvalue weighted by molar-refractivity contribution is -0.203. The summed E-state index contributed by atoms with van der Waals surface area (Å²) in [5, 5.41) is 18.3. The molecule has 2 N–H and O–H groups in total. The molecule has 0 heterocycles. The highest BCUT2D eigenvalue weighted by atomic mass is 16.6. The first-order valence-corrected chi connectivity index (χ1v) is 22.5. The van der Waals surface area contributed by atoms with Crippen molar-refractivity contribution in [3.05, 3.63) is 0 Å². The zero-order valence-electron chi connectivity index (χ0n) is 36.6. The van der Waals surface area contributed by atoms with Crippen LogP contribution in [0.3, 0.4) is 0 Å². The van der Waals surface area contributed by atoms with Gasteiger partial charge in [-0.05, 0) is 77.4 Å². The Morgan fingerprint density at radius 2 is 0.946 bits per heavy atom. The average molecular weight is 798 g/mol. The van der Waals surface area contributed by atoms with Crippen molar-refractivity contribution in [1.29, 1.82) is 0 Å². The van der Waals surface area contributed by atoms with Gasteiger partial charge < -0.3 is 29.3 Å².